The van der Waals surface area contributed by atoms with E-state index < -0.39 is 69.8 Å². The molecule has 2 aromatic rings. The molecule has 2 saturated heterocycles. The lowest BCUT2D eigenvalue weighted by atomic mass is 9.86. The molecule has 1 N–H and O–H groups in total. The van der Waals surface area contributed by atoms with Crippen molar-refractivity contribution in [3.05, 3.63) is 83.5 Å². The molecule has 0 aliphatic carbocycles. The molecule has 0 radical (unpaired) electrons. The monoisotopic (exact) mass is 1030 g/mol. The maximum absolute atomic E-state index is 14.8. The van der Waals surface area contributed by atoms with Gasteiger partial charge in [0.25, 0.3) is 10.1 Å². The Hall–Kier alpha value is -0.740. The van der Waals surface area contributed by atoms with Crippen molar-refractivity contribution in [2.24, 2.45) is 11.8 Å². The van der Waals surface area contributed by atoms with Crippen molar-refractivity contribution in [1.29, 1.82) is 0 Å². The highest BCUT2D eigenvalue weighted by Crippen LogP contribution is 2.55. The van der Waals surface area contributed by atoms with Gasteiger partial charge in [-0.3, -0.25) is 4.18 Å². The van der Waals surface area contributed by atoms with Crippen molar-refractivity contribution < 1.29 is 49.4 Å². The molecule has 2 heterocycles. The molecule has 0 saturated carbocycles. The second kappa shape index (κ2) is 26.6. The first-order valence-electron chi connectivity index (χ1n) is 23.6. The molecule has 2 aliphatic heterocycles. The fraction of sp³-hybridized carbons (Fsp3) is 0.673. The Balaban J connectivity index is 1.64. The number of hydrogen-bond acceptors (Lipinski definition) is 11. The Morgan fingerprint density at radius 3 is 2.09 bits per heavy atom. The SMILES string of the molecule is C=C([C@H](C)C[C@@H](CC[C@@H]1O[C@@H](CCCOP)CC1=C)OS(=O)(=O)c1c(C(C)C)cc(C(C)C)cc1C(C)C)[C@H](O)CC1O[C@H](C[C@@H](CC)OP(P)P)[C@H](OC)[C@H]1CS(=O)(=O)c1ccccc1. The number of hydrogen-bond donors (Lipinski definition) is 1. The minimum Gasteiger partial charge on any atom is -0.389 e. The first-order chi connectivity index (χ1) is 31.0. The summed E-state index contributed by atoms with van der Waals surface area (Å²) in [6.07, 6.45) is 0.700. The minimum absolute atomic E-state index is 0.0114. The van der Waals surface area contributed by atoms with Crippen LogP contribution in [0.15, 0.2) is 76.6 Å². The predicted octanol–water partition coefficient (Wildman–Crippen LogP) is 11.6. The molecule has 374 valence electrons. The van der Waals surface area contributed by atoms with Crippen LogP contribution in [-0.2, 0) is 47.4 Å². The second-order valence-electron chi connectivity index (χ2n) is 19.2. The van der Waals surface area contributed by atoms with Crippen LogP contribution in [0.5, 0.6) is 0 Å². The van der Waals surface area contributed by atoms with Crippen molar-refractivity contribution in [2.75, 3.05) is 19.5 Å². The largest absolute Gasteiger partial charge is 0.389 e. The van der Waals surface area contributed by atoms with Gasteiger partial charge in [-0.2, -0.15) is 8.42 Å². The lowest BCUT2D eigenvalue weighted by Gasteiger charge is -2.29. The van der Waals surface area contributed by atoms with E-state index in [1.54, 1.807) is 37.4 Å². The van der Waals surface area contributed by atoms with Crippen LogP contribution in [0.25, 0.3) is 0 Å². The molecule has 4 unspecified atom stereocenters. The highest BCUT2D eigenvalue weighted by molar-refractivity contribution is 8.41. The molecule has 4 rings (SSSR count). The van der Waals surface area contributed by atoms with E-state index in [0.717, 1.165) is 47.9 Å². The van der Waals surface area contributed by atoms with Crippen molar-refractivity contribution in [1.82, 2.24) is 0 Å². The molecule has 2 aromatic carbocycles. The summed E-state index contributed by atoms with van der Waals surface area (Å²) in [5.41, 5.74) is 3.99. The van der Waals surface area contributed by atoms with Gasteiger partial charge in [0.05, 0.1) is 73.6 Å². The zero-order valence-corrected chi connectivity index (χ0v) is 46.8. The van der Waals surface area contributed by atoms with Gasteiger partial charge in [-0.25, -0.2) is 8.42 Å². The number of sulfone groups is 1. The van der Waals surface area contributed by atoms with Crippen LogP contribution < -0.4 is 0 Å². The number of aliphatic hydroxyl groups excluding tert-OH is 1. The fourth-order valence-electron chi connectivity index (χ4n) is 9.36. The summed E-state index contributed by atoms with van der Waals surface area (Å²) >= 11 is 0. The van der Waals surface area contributed by atoms with Crippen molar-refractivity contribution in [2.45, 2.75) is 190 Å². The first kappa shape index (κ1) is 57.8. The fourth-order valence-corrected chi connectivity index (χ4v) is 14.6. The lowest BCUT2D eigenvalue weighted by Crippen LogP contribution is -2.37. The van der Waals surface area contributed by atoms with E-state index >= 15 is 0 Å². The van der Waals surface area contributed by atoms with Gasteiger partial charge >= 0.3 is 0 Å². The summed E-state index contributed by atoms with van der Waals surface area (Å²) in [6.45, 7) is 25.5. The Labute approximate surface area is 406 Å². The van der Waals surface area contributed by atoms with E-state index in [9.17, 15) is 21.9 Å². The van der Waals surface area contributed by atoms with Crippen LogP contribution in [0.1, 0.15) is 148 Å². The van der Waals surface area contributed by atoms with E-state index in [0.29, 0.717) is 31.4 Å². The molecular formula is C49H80O11P4S2. The van der Waals surface area contributed by atoms with Crippen molar-refractivity contribution >= 4 is 54.8 Å². The lowest BCUT2D eigenvalue weighted by molar-refractivity contribution is -0.0344. The maximum Gasteiger partial charge on any atom is 0.297 e. The van der Waals surface area contributed by atoms with Gasteiger partial charge < -0.3 is 28.4 Å². The summed E-state index contributed by atoms with van der Waals surface area (Å²) in [5.74, 6) is -1.22. The topological polar surface area (TPSA) is 144 Å². The average Bonchev–Trinajstić information content (AvgIpc) is 3.77. The van der Waals surface area contributed by atoms with E-state index in [2.05, 4.69) is 54.3 Å². The van der Waals surface area contributed by atoms with Crippen molar-refractivity contribution in [3.8, 4) is 0 Å². The normalized spacial score (nSPS) is 23.6. The second-order valence-corrected chi connectivity index (χ2v) is 28.9. The summed E-state index contributed by atoms with van der Waals surface area (Å²) < 4.78 is 94.3. The van der Waals surface area contributed by atoms with Crippen LogP contribution in [0.4, 0.5) is 0 Å². The Morgan fingerprint density at radius 2 is 1.55 bits per heavy atom. The molecule has 2 aliphatic rings. The van der Waals surface area contributed by atoms with E-state index in [4.69, 9.17) is 27.4 Å². The third-order valence-corrected chi connectivity index (χ3v) is 18.0. The zero-order valence-electron chi connectivity index (χ0n) is 40.8. The zero-order chi connectivity index (χ0) is 49.1. The van der Waals surface area contributed by atoms with Crippen LogP contribution in [0.3, 0.4) is 0 Å². The Bertz CT molecular complexity index is 2060. The van der Waals surface area contributed by atoms with Crippen LogP contribution in [-0.4, -0.2) is 90.2 Å². The molecule has 0 spiro atoms. The number of aliphatic hydroxyl groups is 1. The van der Waals surface area contributed by atoms with Crippen molar-refractivity contribution in [3.63, 3.8) is 0 Å². The molecular weight excluding hydrogens is 953 g/mol. The van der Waals surface area contributed by atoms with Crippen LogP contribution in [0, 0.1) is 11.8 Å². The molecule has 0 aromatic heterocycles. The summed E-state index contributed by atoms with van der Waals surface area (Å²) in [7, 11) is 0.305. The van der Waals surface area contributed by atoms with Gasteiger partial charge in [-0.1, -0.05) is 117 Å². The third-order valence-electron chi connectivity index (χ3n) is 13.2. The van der Waals surface area contributed by atoms with E-state index in [-0.39, 0.29) is 64.5 Å². The van der Waals surface area contributed by atoms with Gasteiger partial charge in [0.15, 0.2) is 9.84 Å². The molecule has 66 heavy (non-hydrogen) atoms. The quantitative estimate of drug-likeness (QED) is 0.0376. The van der Waals surface area contributed by atoms with Crippen LogP contribution >= 0.6 is 34.8 Å². The molecule has 0 amide bonds. The summed E-state index contributed by atoms with van der Waals surface area (Å²) in [4.78, 5) is 0.434. The highest BCUT2D eigenvalue weighted by Gasteiger charge is 2.48. The number of benzene rings is 2. The molecule has 0 bridgehead atoms. The number of methoxy groups -OCH3 is 1. The van der Waals surface area contributed by atoms with Gasteiger partial charge in [0.2, 0.25) is 0 Å². The van der Waals surface area contributed by atoms with Gasteiger partial charge in [-0.05, 0) is 109 Å². The average molecular weight is 1030 g/mol. The Kier molecular flexibility index (Phi) is 23.3. The summed E-state index contributed by atoms with van der Waals surface area (Å²) in [6, 6.07) is 12.4. The first-order valence-corrected chi connectivity index (χ1v) is 31.6. The summed E-state index contributed by atoms with van der Waals surface area (Å²) in [5, 5.41) is 12.0. The van der Waals surface area contributed by atoms with Crippen LogP contribution in [0.2, 0.25) is 0 Å². The molecule has 13 atom stereocenters. The standard InChI is InChI=1S/C49H80O11P4S2/c1-12-37(59-64(62)63)27-47-48(55-11)43(29-65(51,52)40-18-14-13-15-19-40)46(58-47)28-44(50)35(10)33(8)23-39(20-21-45-34(9)24-38(57-45)17-16-22-56-61)60-66(53,54)49-41(31(4)5)25-36(30(2)3)26-42(49)32(6)7/h13-15,18-19,25-26,30-33,37-39,43-48,50H,9-10,12,16-17,20-24,27-29,61-63H2,1-8,11H3/t33-,37-,38+,39-,43+,44-,45+,46?,47-,48-/m1/s1. The third kappa shape index (κ3) is 16.1. The minimum atomic E-state index is -4.31. The van der Waals surface area contributed by atoms with Gasteiger partial charge in [0, 0.05) is 35.3 Å². The number of rotatable bonds is 28. The number of ether oxygens (including phenoxy) is 3. The highest BCUT2D eigenvalue weighted by atomic mass is 32.4. The van der Waals surface area contributed by atoms with E-state index in [1.807, 2.05) is 53.7 Å². The van der Waals surface area contributed by atoms with E-state index in [1.165, 1.54) is 0 Å². The van der Waals surface area contributed by atoms with Gasteiger partial charge in [-0.15, -0.1) is 0 Å². The maximum atomic E-state index is 14.8. The molecule has 11 nitrogen and oxygen atoms in total. The smallest absolute Gasteiger partial charge is 0.297 e. The molecule has 17 heteroatoms. The van der Waals surface area contributed by atoms with Gasteiger partial charge in [0.1, 0.15) is 4.90 Å². The Morgan fingerprint density at radius 1 is 0.909 bits per heavy atom. The predicted molar refractivity (Wildman–Crippen MR) is 278 cm³/mol. The molecule has 2 fully saturated rings.